The number of nitrogens with zero attached hydrogens (tertiary/aromatic N) is 5. The third kappa shape index (κ3) is 27.9. The Bertz CT molecular complexity index is 4880. The van der Waals surface area contributed by atoms with Gasteiger partial charge in [0, 0.05) is 113 Å². The van der Waals surface area contributed by atoms with Gasteiger partial charge in [-0.2, -0.15) is 0 Å². The molecule has 3 aliphatic rings. The summed E-state index contributed by atoms with van der Waals surface area (Å²) in [5.41, 5.74) is 31.4. The van der Waals surface area contributed by atoms with E-state index in [-0.39, 0.29) is 70.2 Å². The molecule has 25 N–H and O–H groups in total. The zero-order valence-electron chi connectivity index (χ0n) is 72.9. The summed E-state index contributed by atoms with van der Waals surface area (Å²) in [7, 11) is 3.86. The zero-order chi connectivity index (χ0) is 94.6. The van der Waals surface area contributed by atoms with Crippen LogP contribution >= 0.6 is 11.8 Å². The Morgan fingerprint density at radius 3 is 1.63 bits per heavy atom. The van der Waals surface area contributed by atoms with E-state index in [0.29, 0.717) is 64.2 Å². The smallest absolute Gasteiger partial charge is 0.246 e. The van der Waals surface area contributed by atoms with Crippen LogP contribution in [0.3, 0.4) is 0 Å². The fraction of sp³-hybridized carbons (Fsp3) is 0.529. The number of aromatic amines is 2. The van der Waals surface area contributed by atoms with Crippen LogP contribution in [0.2, 0.25) is 0 Å². The highest BCUT2D eigenvalue weighted by Crippen LogP contribution is 2.28. The van der Waals surface area contributed by atoms with Crippen molar-refractivity contribution in [3.63, 3.8) is 0 Å². The topological polar surface area (TPSA) is 666 Å². The van der Waals surface area contributed by atoms with Crippen LogP contribution in [0.5, 0.6) is 5.75 Å². The summed E-state index contributed by atoms with van der Waals surface area (Å²) in [5.74, 6) is -18.9. The van der Waals surface area contributed by atoms with E-state index in [4.69, 9.17) is 28.7 Å². The predicted molar refractivity (Wildman–Crippen MR) is 470 cm³/mol. The summed E-state index contributed by atoms with van der Waals surface area (Å²) in [6, 6.07) is -3.08. The molecular formula is C85H120N22O21S. The second-order valence-electron chi connectivity index (χ2n) is 32.4. The average molecular weight is 1820 g/mol. The lowest BCUT2D eigenvalue weighted by atomic mass is 10.00. The van der Waals surface area contributed by atoms with Gasteiger partial charge < -0.3 is 132 Å². The number of hydrogen-bond acceptors (Lipinski definition) is 24. The van der Waals surface area contributed by atoms with Crippen molar-refractivity contribution < 1.29 is 102 Å². The molecule has 43 nitrogen and oxygen atoms in total. The number of aromatic hydroxyl groups is 1. The Labute approximate surface area is 748 Å². The minimum absolute atomic E-state index is 0.00905. The molecular weight excluding hydrogens is 1700 g/mol. The monoisotopic (exact) mass is 1820 g/mol. The first-order valence-electron chi connectivity index (χ1n) is 42.8. The van der Waals surface area contributed by atoms with Crippen molar-refractivity contribution in [2.75, 3.05) is 72.0 Å². The number of rotatable bonds is 24. The summed E-state index contributed by atoms with van der Waals surface area (Å²) in [4.78, 5) is 271. The highest BCUT2D eigenvalue weighted by molar-refractivity contribution is 8.00. The Morgan fingerprint density at radius 2 is 1.03 bits per heavy atom. The number of amides is 18. The molecule has 44 heteroatoms. The van der Waals surface area contributed by atoms with E-state index < -0.39 is 260 Å². The number of fused-ring (bicyclic) bond motifs is 4. The Kier molecular flexibility index (Phi) is 38.1. The van der Waals surface area contributed by atoms with E-state index in [1.54, 1.807) is 60.9 Å². The van der Waals surface area contributed by atoms with Crippen LogP contribution in [0.25, 0.3) is 21.8 Å². The lowest BCUT2D eigenvalue weighted by Gasteiger charge is -2.36. The van der Waals surface area contributed by atoms with E-state index in [2.05, 4.69) is 63.1 Å². The molecule has 129 heavy (non-hydrogen) atoms. The average Bonchev–Trinajstić information content (AvgIpc) is 1.76. The summed E-state index contributed by atoms with van der Waals surface area (Å²) < 4.78 is 0. The van der Waals surface area contributed by atoms with Crippen molar-refractivity contribution >= 4 is 140 Å². The third-order valence-electron chi connectivity index (χ3n) is 23.0. The van der Waals surface area contributed by atoms with Gasteiger partial charge in [0.1, 0.15) is 90.3 Å². The highest BCUT2D eigenvalue weighted by atomic mass is 32.2. The molecule has 3 aromatic carbocycles. The van der Waals surface area contributed by atoms with Gasteiger partial charge in [0.05, 0.1) is 31.4 Å². The van der Waals surface area contributed by atoms with E-state index >= 15 is 28.8 Å². The molecule has 5 aromatic rings. The number of phenols is 1. The predicted octanol–water partition coefficient (Wildman–Crippen LogP) is -5.63. The molecule has 0 saturated carbocycles. The van der Waals surface area contributed by atoms with Gasteiger partial charge in [-0.15, -0.1) is 11.8 Å². The number of aliphatic hydroxyl groups excluding tert-OH is 2. The van der Waals surface area contributed by atoms with Crippen molar-refractivity contribution in [3.8, 4) is 5.75 Å². The van der Waals surface area contributed by atoms with Gasteiger partial charge in [0.25, 0.3) is 0 Å². The number of phenolic OH excluding ortho intramolecular Hbond substituents is 1. The number of aromatic nitrogens is 2. The number of primary amides is 3. The number of carbonyl (C=O) groups excluding carboxylic acids is 18. The maximum absolute atomic E-state index is 15.6. The number of nitrogens with two attached hydrogens (primary N) is 5. The number of nitrogens with one attached hydrogen (secondary N) is 12. The largest absolute Gasteiger partial charge is 0.508 e. The van der Waals surface area contributed by atoms with Crippen molar-refractivity contribution in [1.29, 1.82) is 0 Å². The maximum Gasteiger partial charge on any atom is 0.246 e. The normalized spacial score (nSPS) is 25.3. The number of thioether (sulfide) groups is 1. The lowest BCUT2D eigenvalue weighted by molar-refractivity contribution is -0.149. The highest BCUT2D eigenvalue weighted by Gasteiger charge is 2.47. The van der Waals surface area contributed by atoms with E-state index in [0.717, 1.165) is 36.3 Å². The van der Waals surface area contributed by atoms with Gasteiger partial charge in [0.15, 0.2) is 0 Å². The number of para-hydroxylation sites is 2. The van der Waals surface area contributed by atoms with Crippen LogP contribution < -0.4 is 81.8 Å². The number of likely N-dealkylation sites (N-methyl/N-ethyl adjacent to an activating group) is 3. The quantitative estimate of drug-likeness (QED) is 0.0274. The van der Waals surface area contributed by atoms with Crippen molar-refractivity contribution in [3.05, 3.63) is 102 Å². The molecule has 15 atom stereocenters. The standard InChI is InChI=1S/C85H120N22O21S/c1-7-9-20-64-78(121)95-55(29-30-86)74(117)102-63(73(116)93-40-70(90)113)43-129-44-71(114)94-58(32-46-23-25-49(109)26-24-46)81(124)103(4)45(3)72(115)98-60(36-69(89)112)84(127)106-31-15-22-65(106)79(122)100-61(37-87)76(119)96-56(27-28-68(88)111)83(126)107-41-50(110)35-67(107)80(123)97-57(33-47-38-91-53-18-13-11-16-51(47)53)75(118)101-62(42-108)77(120)99-59(34-48-39-92-54-19-14-12-17-52(48)54)82(125)105(6)66(21-10-8-2)85(128)104(64)5/h11-14,16-19,23-26,38-39,45,50,55-67,91-92,108-110H,7-10,15,20-22,27-37,40-44,86-87H2,1-6H3,(H2,88,111)(H2,89,112)(H2,90,113)(H,93,116)(H,94,114)(H,95,121)(H,96,119)(H,97,123)(H,98,115)(H,99,120)(H,100,122)(H,101,118)(H,102,117). The number of carbonyl (C=O) groups is 18. The summed E-state index contributed by atoms with van der Waals surface area (Å²) in [6.45, 7) is 1.43. The minimum Gasteiger partial charge on any atom is -0.508 e. The number of hydrogen-bond donors (Lipinski definition) is 20. The lowest BCUT2D eigenvalue weighted by Crippen LogP contribution is -2.62. The number of unbranched alkanes of at least 4 members (excludes halogenated alkanes) is 2. The van der Waals surface area contributed by atoms with Gasteiger partial charge in [-0.05, 0) is 92.9 Å². The van der Waals surface area contributed by atoms with E-state index in [1.807, 2.05) is 13.8 Å². The molecule has 702 valence electrons. The molecule has 3 saturated heterocycles. The van der Waals surface area contributed by atoms with Crippen LogP contribution in [0, 0.1) is 0 Å². The van der Waals surface area contributed by atoms with E-state index in [1.165, 1.54) is 52.3 Å². The van der Waals surface area contributed by atoms with Crippen LogP contribution in [0.1, 0.15) is 121 Å². The number of benzene rings is 3. The molecule has 3 aliphatic heterocycles. The molecule has 5 heterocycles. The van der Waals surface area contributed by atoms with Gasteiger partial charge in [-0.1, -0.05) is 88.1 Å². The zero-order valence-corrected chi connectivity index (χ0v) is 73.8. The summed E-state index contributed by atoms with van der Waals surface area (Å²) in [5, 5.41) is 59.4. The summed E-state index contributed by atoms with van der Waals surface area (Å²) >= 11 is 0.758. The molecule has 0 spiro atoms. The second-order valence-corrected chi connectivity index (χ2v) is 33.4. The first-order chi connectivity index (χ1) is 61.4. The fourth-order valence-corrected chi connectivity index (χ4v) is 16.5. The van der Waals surface area contributed by atoms with Crippen molar-refractivity contribution in [1.82, 2.24) is 87.6 Å². The van der Waals surface area contributed by atoms with Gasteiger partial charge in [-0.3, -0.25) is 86.3 Å². The minimum atomic E-state index is -1.92. The SMILES string of the molecule is CCCCC1C(=O)N(C)C(CCCC)C(=O)NC(CCN)C(=O)NC(C(=O)NCC(N)=O)CSCC(=O)NC(Cc2ccc(O)cc2)C(=O)N(C)C(C)C(=O)NC(CC(N)=O)C(=O)N2CCCC2C(=O)NC(CN)C(=O)NC(CCC(N)=O)C(=O)N2CC(O)CC2C(=O)NC(Cc2c[nH]c3ccccc23)C(=O)NC(CO)C(=O)NC(Cc2c[nH]c3ccccc23)C(=O)N1C. The molecule has 0 radical (unpaired) electrons. The molecule has 0 aliphatic carbocycles. The Balaban J connectivity index is 1.17. The first-order valence-corrected chi connectivity index (χ1v) is 44.0. The number of H-pyrrole nitrogens is 2. The van der Waals surface area contributed by atoms with Crippen LogP contribution in [0.15, 0.2) is 85.2 Å². The molecule has 3 fully saturated rings. The van der Waals surface area contributed by atoms with Crippen LogP contribution in [0.4, 0.5) is 0 Å². The van der Waals surface area contributed by atoms with Gasteiger partial charge >= 0.3 is 0 Å². The third-order valence-corrected chi connectivity index (χ3v) is 24.1. The van der Waals surface area contributed by atoms with Crippen molar-refractivity contribution in [2.24, 2.45) is 28.7 Å². The van der Waals surface area contributed by atoms with Gasteiger partial charge in [0.2, 0.25) is 106 Å². The maximum atomic E-state index is 15.6. The van der Waals surface area contributed by atoms with E-state index in [9.17, 15) is 72.9 Å². The Morgan fingerprint density at radius 1 is 0.512 bits per heavy atom. The molecule has 0 bridgehead atoms. The first kappa shape index (κ1) is 102. The second kappa shape index (κ2) is 48.4. The van der Waals surface area contributed by atoms with Crippen LogP contribution in [-0.2, 0) is 106 Å². The molecule has 18 amide bonds. The van der Waals surface area contributed by atoms with Crippen molar-refractivity contribution in [2.45, 2.75) is 214 Å². The molecule has 15 unspecified atom stereocenters. The summed E-state index contributed by atoms with van der Waals surface area (Å²) in [6.07, 6.45) is -0.164. The fourth-order valence-electron chi connectivity index (χ4n) is 15.7. The molecule has 8 rings (SSSR count). The van der Waals surface area contributed by atoms with Gasteiger partial charge in [-0.25, -0.2) is 0 Å². The van der Waals surface area contributed by atoms with Crippen LogP contribution in [-0.4, -0.2) is 319 Å². The Hall–Kier alpha value is -12.8. The molecule has 2 aromatic heterocycles. The number of aliphatic hydroxyl groups is 2.